The van der Waals surface area contributed by atoms with Gasteiger partial charge in [-0.05, 0) is 17.7 Å². The first-order valence-electron chi connectivity index (χ1n) is 4.88. The third-order valence-corrected chi connectivity index (χ3v) is 2.33. The van der Waals surface area contributed by atoms with Crippen molar-refractivity contribution in [2.24, 2.45) is 5.84 Å². The van der Waals surface area contributed by atoms with Gasteiger partial charge in [0.25, 0.3) is 0 Å². The highest BCUT2D eigenvalue weighted by Crippen LogP contribution is 2.30. The average Bonchev–Trinajstić information content (AvgIpc) is 2.35. The monoisotopic (exact) mass is 220 g/mol. The Morgan fingerprint density at radius 3 is 2.56 bits per heavy atom. The van der Waals surface area contributed by atoms with Crippen LogP contribution in [0, 0.1) is 12.3 Å². The summed E-state index contributed by atoms with van der Waals surface area (Å²) in [5.41, 5.74) is 3.64. The summed E-state index contributed by atoms with van der Waals surface area (Å²) in [6.45, 7) is 0. The molecular weight excluding hydrogens is 204 g/mol. The summed E-state index contributed by atoms with van der Waals surface area (Å²) in [5.74, 6) is 9.35. The molecule has 1 atom stereocenters. The van der Waals surface area contributed by atoms with Gasteiger partial charge in [0, 0.05) is 6.42 Å². The van der Waals surface area contributed by atoms with Gasteiger partial charge in [-0.2, -0.15) is 0 Å². The van der Waals surface area contributed by atoms with Crippen molar-refractivity contribution in [1.29, 1.82) is 0 Å². The second-order valence-electron chi connectivity index (χ2n) is 3.24. The van der Waals surface area contributed by atoms with Crippen molar-refractivity contribution in [2.45, 2.75) is 12.5 Å². The summed E-state index contributed by atoms with van der Waals surface area (Å²) in [6, 6.07) is 5.52. The number of benzene rings is 1. The first-order chi connectivity index (χ1) is 7.76. The van der Waals surface area contributed by atoms with Gasteiger partial charge >= 0.3 is 0 Å². The lowest BCUT2D eigenvalue weighted by Gasteiger charge is -2.15. The Morgan fingerprint density at radius 2 is 2.06 bits per heavy atom. The highest BCUT2D eigenvalue weighted by Gasteiger charge is 2.11. The van der Waals surface area contributed by atoms with Crippen molar-refractivity contribution in [3.8, 4) is 23.8 Å². The van der Waals surface area contributed by atoms with Crippen LogP contribution in [0.25, 0.3) is 0 Å². The number of hydrazine groups is 1. The molecule has 0 aliphatic rings. The van der Waals surface area contributed by atoms with E-state index in [0.29, 0.717) is 17.9 Å². The van der Waals surface area contributed by atoms with E-state index in [4.69, 9.17) is 21.7 Å². The van der Waals surface area contributed by atoms with Crippen LogP contribution in [0.1, 0.15) is 18.0 Å². The van der Waals surface area contributed by atoms with Crippen molar-refractivity contribution < 1.29 is 9.47 Å². The van der Waals surface area contributed by atoms with Gasteiger partial charge in [-0.15, -0.1) is 12.3 Å². The first kappa shape index (κ1) is 12.4. The van der Waals surface area contributed by atoms with Crippen LogP contribution in [0.15, 0.2) is 18.2 Å². The molecule has 16 heavy (non-hydrogen) atoms. The van der Waals surface area contributed by atoms with E-state index in [0.717, 1.165) is 5.56 Å². The molecule has 1 aromatic carbocycles. The van der Waals surface area contributed by atoms with Gasteiger partial charge in [0.15, 0.2) is 11.5 Å². The summed E-state index contributed by atoms with van der Waals surface area (Å²) >= 11 is 0. The highest BCUT2D eigenvalue weighted by molar-refractivity contribution is 5.43. The fourth-order valence-electron chi connectivity index (χ4n) is 1.46. The zero-order chi connectivity index (χ0) is 12.0. The van der Waals surface area contributed by atoms with Crippen LogP contribution in [0.4, 0.5) is 0 Å². The Kier molecular flexibility index (Phi) is 4.65. The Labute approximate surface area is 95.7 Å². The zero-order valence-corrected chi connectivity index (χ0v) is 9.49. The average molecular weight is 220 g/mol. The summed E-state index contributed by atoms with van der Waals surface area (Å²) in [7, 11) is 3.19. The summed E-state index contributed by atoms with van der Waals surface area (Å²) in [6.07, 6.45) is 5.79. The van der Waals surface area contributed by atoms with Gasteiger partial charge in [0.2, 0.25) is 0 Å². The quantitative estimate of drug-likeness (QED) is 0.445. The lowest BCUT2D eigenvalue weighted by Crippen LogP contribution is -2.27. The Hall–Kier alpha value is -1.70. The molecular formula is C12H16N2O2. The van der Waals surface area contributed by atoms with Crippen LogP contribution in [-0.4, -0.2) is 14.2 Å². The highest BCUT2D eigenvalue weighted by atomic mass is 16.5. The molecule has 1 unspecified atom stereocenters. The first-order valence-corrected chi connectivity index (χ1v) is 4.88. The molecule has 4 nitrogen and oxygen atoms in total. The van der Waals surface area contributed by atoms with Crippen LogP contribution in [0.2, 0.25) is 0 Å². The molecule has 0 bridgehead atoms. The number of ether oxygens (including phenoxy) is 2. The molecule has 0 fully saturated rings. The summed E-state index contributed by atoms with van der Waals surface area (Å²) < 4.78 is 10.4. The predicted molar refractivity (Wildman–Crippen MR) is 63.1 cm³/mol. The van der Waals surface area contributed by atoms with E-state index in [1.165, 1.54) is 0 Å². The van der Waals surface area contributed by atoms with Gasteiger partial charge in [-0.25, -0.2) is 0 Å². The topological polar surface area (TPSA) is 56.5 Å². The third-order valence-electron chi connectivity index (χ3n) is 2.33. The molecule has 1 rings (SSSR count). The molecule has 0 aliphatic carbocycles. The number of hydrogen-bond acceptors (Lipinski definition) is 4. The van der Waals surface area contributed by atoms with Crippen molar-refractivity contribution in [1.82, 2.24) is 5.43 Å². The van der Waals surface area contributed by atoms with Crippen molar-refractivity contribution in [3.63, 3.8) is 0 Å². The number of rotatable bonds is 5. The minimum Gasteiger partial charge on any atom is -0.493 e. The second kappa shape index (κ2) is 6.01. The Morgan fingerprint density at radius 1 is 1.38 bits per heavy atom. The number of hydrogen-bond donors (Lipinski definition) is 2. The van der Waals surface area contributed by atoms with E-state index in [2.05, 4.69) is 11.3 Å². The lowest BCUT2D eigenvalue weighted by atomic mass is 10.0. The lowest BCUT2D eigenvalue weighted by molar-refractivity contribution is 0.354. The second-order valence-corrected chi connectivity index (χ2v) is 3.24. The van der Waals surface area contributed by atoms with Crippen molar-refractivity contribution in [2.75, 3.05) is 14.2 Å². The van der Waals surface area contributed by atoms with E-state index in [1.807, 2.05) is 18.2 Å². The van der Waals surface area contributed by atoms with Gasteiger partial charge in [-0.3, -0.25) is 11.3 Å². The smallest absolute Gasteiger partial charge is 0.161 e. The van der Waals surface area contributed by atoms with Crippen LogP contribution in [-0.2, 0) is 0 Å². The number of terminal acetylenes is 1. The summed E-state index contributed by atoms with van der Waals surface area (Å²) in [5, 5.41) is 0. The molecule has 4 heteroatoms. The maximum absolute atomic E-state index is 5.44. The van der Waals surface area contributed by atoms with E-state index >= 15 is 0 Å². The molecule has 3 N–H and O–H groups in total. The largest absolute Gasteiger partial charge is 0.493 e. The van der Waals surface area contributed by atoms with Crippen LogP contribution in [0.3, 0.4) is 0 Å². The molecule has 0 amide bonds. The molecule has 0 heterocycles. The number of nitrogens with one attached hydrogen (secondary N) is 1. The van der Waals surface area contributed by atoms with E-state index in [-0.39, 0.29) is 6.04 Å². The molecule has 0 saturated heterocycles. The number of methoxy groups -OCH3 is 2. The SMILES string of the molecule is C#CCC(NN)c1ccc(OC)c(OC)c1. The molecule has 0 aliphatic heterocycles. The van der Waals surface area contributed by atoms with Gasteiger partial charge < -0.3 is 9.47 Å². The van der Waals surface area contributed by atoms with Crippen LogP contribution < -0.4 is 20.7 Å². The molecule has 1 aromatic rings. The normalized spacial score (nSPS) is 11.6. The standard InChI is InChI=1S/C12H16N2O2/c1-4-5-10(14-13)9-6-7-11(15-2)12(8-9)16-3/h1,6-8,10,14H,5,13H2,2-3H3. The zero-order valence-electron chi connectivity index (χ0n) is 9.49. The molecule has 86 valence electrons. The van der Waals surface area contributed by atoms with E-state index < -0.39 is 0 Å². The van der Waals surface area contributed by atoms with Gasteiger partial charge in [0.05, 0.1) is 20.3 Å². The molecule has 0 radical (unpaired) electrons. The van der Waals surface area contributed by atoms with Gasteiger partial charge in [0.1, 0.15) is 0 Å². The minimum atomic E-state index is -0.0789. The third kappa shape index (κ3) is 2.66. The predicted octanol–water partition coefficient (Wildman–Crippen LogP) is 1.23. The minimum absolute atomic E-state index is 0.0789. The van der Waals surface area contributed by atoms with Crippen molar-refractivity contribution >= 4 is 0 Å². The Balaban J connectivity index is 3.02. The number of nitrogens with two attached hydrogens (primary N) is 1. The van der Waals surface area contributed by atoms with Crippen molar-refractivity contribution in [3.05, 3.63) is 23.8 Å². The molecule has 0 aromatic heterocycles. The fraction of sp³-hybridized carbons (Fsp3) is 0.333. The fourth-order valence-corrected chi connectivity index (χ4v) is 1.46. The van der Waals surface area contributed by atoms with Crippen LogP contribution >= 0.6 is 0 Å². The van der Waals surface area contributed by atoms with E-state index in [1.54, 1.807) is 14.2 Å². The van der Waals surface area contributed by atoms with Gasteiger partial charge in [-0.1, -0.05) is 6.07 Å². The molecule has 0 saturated carbocycles. The Bertz CT molecular complexity index is 385. The maximum atomic E-state index is 5.44. The summed E-state index contributed by atoms with van der Waals surface area (Å²) in [4.78, 5) is 0. The molecule has 0 spiro atoms. The van der Waals surface area contributed by atoms with E-state index in [9.17, 15) is 0 Å². The maximum Gasteiger partial charge on any atom is 0.161 e. The van der Waals surface area contributed by atoms with Crippen LogP contribution in [0.5, 0.6) is 11.5 Å².